The molecule has 2 N–H and O–H groups in total. The van der Waals surface area contributed by atoms with Crippen molar-refractivity contribution in [1.29, 1.82) is 0 Å². The third-order valence-corrected chi connectivity index (χ3v) is 3.99. The predicted molar refractivity (Wildman–Crippen MR) is 85.4 cm³/mol. The Labute approximate surface area is 130 Å². The molecule has 2 aromatic heterocycles. The number of hydrogen-bond donors (Lipinski definition) is 2. The van der Waals surface area contributed by atoms with E-state index in [1.807, 2.05) is 17.5 Å². The Balaban J connectivity index is 2.23. The number of nitrogens with zero attached hydrogens (tertiary/aromatic N) is 4. The number of anilines is 1. The van der Waals surface area contributed by atoms with Gasteiger partial charge in [0.1, 0.15) is 5.82 Å². The number of aromatic nitrogens is 4. The van der Waals surface area contributed by atoms with E-state index in [0.29, 0.717) is 18.0 Å². The Morgan fingerprint density at radius 3 is 2.64 bits per heavy atom. The van der Waals surface area contributed by atoms with Crippen molar-refractivity contribution in [3.05, 3.63) is 18.2 Å². The van der Waals surface area contributed by atoms with Crippen molar-refractivity contribution in [1.82, 2.24) is 24.3 Å². The zero-order chi connectivity index (χ0) is 16.3. The molecule has 8 nitrogen and oxygen atoms in total. The van der Waals surface area contributed by atoms with Crippen LogP contribution in [0.2, 0.25) is 0 Å². The Morgan fingerprint density at radius 2 is 2.05 bits per heavy atom. The zero-order valence-corrected chi connectivity index (χ0v) is 14.1. The van der Waals surface area contributed by atoms with Crippen molar-refractivity contribution < 1.29 is 8.42 Å². The molecule has 0 aromatic carbocycles. The summed E-state index contributed by atoms with van der Waals surface area (Å²) in [7, 11) is -3.21. The Hall–Kier alpha value is -1.74. The molecule has 1 atom stereocenters. The minimum absolute atomic E-state index is 0.0763. The minimum atomic E-state index is -3.21. The van der Waals surface area contributed by atoms with Crippen molar-refractivity contribution in [2.75, 3.05) is 18.1 Å². The molecule has 9 heteroatoms. The SMILES string of the molecule is CCC(CNS(C)(=O)=O)Nc1nccn2c(C(C)C)nnc12. The number of fused-ring (bicyclic) bond motifs is 1. The first kappa shape index (κ1) is 16.6. The van der Waals surface area contributed by atoms with Crippen molar-refractivity contribution in [3.63, 3.8) is 0 Å². The van der Waals surface area contributed by atoms with Crippen LogP contribution in [-0.2, 0) is 10.0 Å². The van der Waals surface area contributed by atoms with E-state index in [1.165, 1.54) is 0 Å². The van der Waals surface area contributed by atoms with Gasteiger partial charge in [0.2, 0.25) is 15.7 Å². The fraction of sp³-hybridized carbons (Fsp3) is 0.615. The van der Waals surface area contributed by atoms with Crippen LogP contribution >= 0.6 is 0 Å². The van der Waals surface area contributed by atoms with Gasteiger partial charge in [-0.3, -0.25) is 4.40 Å². The summed E-state index contributed by atoms with van der Waals surface area (Å²) in [6, 6.07) is -0.0763. The van der Waals surface area contributed by atoms with Gasteiger partial charge >= 0.3 is 0 Å². The molecule has 0 aliphatic rings. The summed E-state index contributed by atoms with van der Waals surface area (Å²) in [5.41, 5.74) is 0.643. The van der Waals surface area contributed by atoms with Gasteiger partial charge in [-0.05, 0) is 6.42 Å². The van der Waals surface area contributed by atoms with E-state index in [0.717, 1.165) is 18.5 Å². The average molecular weight is 326 g/mol. The highest BCUT2D eigenvalue weighted by atomic mass is 32.2. The third-order valence-electron chi connectivity index (χ3n) is 3.30. The molecule has 0 saturated heterocycles. The van der Waals surface area contributed by atoms with Crippen molar-refractivity contribution in [2.24, 2.45) is 0 Å². The Kier molecular flexibility index (Phi) is 4.97. The van der Waals surface area contributed by atoms with Crippen molar-refractivity contribution >= 4 is 21.5 Å². The largest absolute Gasteiger partial charge is 0.363 e. The van der Waals surface area contributed by atoms with Crippen LogP contribution in [0.3, 0.4) is 0 Å². The van der Waals surface area contributed by atoms with E-state index in [1.54, 1.807) is 6.20 Å². The molecule has 0 radical (unpaired) electrons. The van der Waals surface area contributed by atoms with Gasteiger partial charge in [0, 0.05) is 30.9 Å². The molecular weight excluding hydrogens is 304 g/mol. The lowest BCUT2D eigenvalue weighted by Crippen LogP contribution is -2.35. The molecule has 2 rings (SSSR count). The van der Waals surface area contributed by atoms with Gasteiger partial charge in [0.15, 0.2) is 5.82 Å². The van der Waals surface area contributed by atoms with E-state index < -0.39 is 10.0 Å². The monoisotopic (exact) mass is 326 g/mol. The minimum Gasteiger partial charge on any atom is -0.363 e. The average Bonchev–Trinajstić information content (AvgIpc) is 2.87. The van der Waals surface area contributed by atoms with E-state index >= 15 is 0 Å². The van der Waals surface area contributed by atoms with E-state index in [9.17, 15) is 8.42 Å². The maximum atomic E-state index is 11.2. The molecule has 0 aliphatic carbocycles. The summed E-state index contributed by atoms with van der Waals surface area (Å²) < 4.78 is 26.8. The molecule has 0 aliphatic heterocycles. The molecule has 122 valence electrons. The third kappa shape index (κ3) is 3.92. The smallest absolute Gasteiger partial charge is 0.208 e. The van der Waals surface area contributed by atoms with Crippen LogP contribution in [0.4, 0.5) is 5.82 Å². The fourth-order valence-corrected chi connectivity index (χ4v) is 2.59. The fourth-order valence-electron chi connectivity index (χ4n) is 2.08. The molecular formula is C13H22N6O2S. The summed E-state index contributed by atoms with van der Waals surface area (Å²) in [4.78, 5) is 4.30. The van der Waals surface area contributed by atoms with Crippen LogP contribution in [0.1, 0.15) is 38.9 Å². The highest BCUT2D eigenvalue weighted by molar-refractivity contribution is 7.88. The molecule has 0 saturated carbocycles. The van der Waals surface area contributed by atoms with Crippen molar-refractivity contribution in [3.8, 4) is 0 Å². The molecule has 2 heterocycles. The second kappa shape index (κ2) is 6.57. The summed E-state index contributed by atoms with van der Waals surface area (Å²) >= 11 is 0. The molecule has 0 spiro atoms. The van der Waals surface area contributed by atoms with Crippen LogP contribution in [-0.4, -0.2) is 46.8 Å². The van der Waals surface area contributed by atoms with Crippen LogP contribution in [0.15, 0.2) is 12.4 Å². The quantitative estimate of drug-likeness (QED) is 0.787. The Bertz CT molecular complexity index is 740. The molecule has 0 fully saturated rings. The molecule has 22 heavy (non-hydrogen) atoms. The van der Waals surface area contributed by atoms with Gasteiger partial charge in [-0.2, -0.15) is 0 Å². The summed E-state index contributed by atoms with van der Waals surface area (Å²) in [6.07, 6.45) is 5.40. The van der Waals surface area contributed by atoms with Crippen molar-refractivity contribution in [2.45, 2.75) is 39.2 Å². The second-order valence-electron chi connectivity index (χ2n) is 5.55. The first-order chi connectivity index (χ1) is 10.3. The second-order valence-corrected chi connectivity index (χ2v) is 7.39. The molecule has 0 bridgehead atoms. The standard InChI is InChI=1S/C13H22N6O2S/c1-5-10(8-15-22(4,20)21)16-11-13-18-17-12(9(2)3)19(13)7-6-14-11/h6-7,9-10,15H,5,8H2,1-4H3,(H,14,16). The van der Waals surface area contributed by atoms with E-state index in [2.05, 4.69) is 39.1 Å². The van der Waals surface area contributed by atoms with Crippen LogP contribution in [0, 0.1) is 0 Å². The van der Waals surface area contributed by atoms with Gasteiger partial charge < -0.3 is 5.32 Å². The lowest BCUT2D eigenvalue weighted by atomic mass is 10.2. The van der Waals surface area contributed by atoms with Gasteiger partial charge in [0.25, 0.3) is 0 Å². The van der Waals surface area contributed by atoms with E-state index in [4.69, 9.17) is 0 Å². The highest BCUT2D eigenvalue weighted by Gasteiger charge is 2.16. The topological polar surface area (TPSA) is 101 Å². The van der Waals surface area contributed by atoms with Gasteiger partial charge in [0.05, 0.1) is 6.26 Å². The van der Waals surface area contributed by atoms with Gasteiger partial charge in [-0.15, -0.1) is 10.2 Å². The maximum absolute atomic E-state index is 11.2. The lowest BCUT2D eigenvalue weighted by Gasteiger charge is -2.17. The summed E-state index contributed by atoms with van der Waals surface area (Å²) in [5.74, 6) is 1.71. The summed E-state index contributed by atoms with van der Waals surface area (Å²) in [5, 5.41) is 11.6. The molecule has 1 unspecified atom stereocenters. The number of nitrogens with one attached hydrogen (secondary N) is 2. The number of sulfonamides is 1. The zero-order valence-electron chi connectivity index (χ0n) is 13.2. The number of rotatable bonds is 7. The number of hydrogen-bond acceptors (Lipinski definition) is 6. The first-order valence-electron chi connectivity index (χ1n) is 7.22. The van der Waals surface area contributed by atoms with E-state index in [-0.39, 0.29) is 12.0 Å². The maximum Gasteiger partial charge on any atom is 0.208 e. The van der Waals surface area contributed by atoms with Crippen LogP contribution < -0.4 is 10.0 Å². The van der Waals surface area contributed by atoms with Gasteiger partial charge in [-0.25, -0.2) is 18.1 Å². The van der Waals surface area contributed by atoms with Crippen LogP contribution in [0.25, 0.3) is 5.65 Å². The first-order valence-corrected chi connectivity index (χ1v) is 9.11. The highest BCUT2D eigenvalue weighted by Crippen LogP contribution is 2.18. The normalized spacial score (nSPS) is 13.7. The Morgan fingerprint density at radius 1 is 1.32 bits per heavy atom. The molecule has 0 amide bonds. The predicted octanol–water partition coefficient (Wildman–Crippen LogP) is 0.987. The lowest BCUT2D eigenvalue weighted by molar-refractivity contribution is 0.576. The summed E-state index contributed by atoms with van der Waals surface area (Å²) in [6.45, 7) is 6.37. The van der Waals surface area contributed by atoms with Crippen LogP contribution in [0.5, 0.6) is 0 Å². The van der Waals surface area contributed by atoms with Gasteiger partial charge in [-0.1, -0.05) is 20.8 Å². The molecule has 2 aromatic rings.